The molecule has 0 atom stereocenters. The fourth-order valence-electron chi connectivity index (χ4n) is 3.69. The molecule has 35 heavy (non-hydrogen) atoms. The van der Waals surface area contributed by atoms with Crippen LogP contribution in [0.15, 0.2) is 76.8 Å². The highest BCUT2D eigenvalue weighted by molar-refractivity contribution is 5.76. The number of hydrogen-bond acceptors (Lipinski definition) is 6. The maximum Gasteiger partial charge on any atom is 0.293 e. The van der Waals surface area contributed by atoms with E-state index in [0.717, 1.165) is 11.1 Å². The van der Waals surface area contributed by atoms with Crippen LogP contribution < -0.4 is 27.7 Å². The zero-order valence-corrected chi connectivity index (χ0v) is 19.9. The van der Waals surface area contributed by atoms with E-state index in [1.807, 2.05) is 36.4 Å². The summed E-state index contributed by atoms with van der Waals surface area (Å²) in [7, 11) is 0. The number of nitrogens with one attached hydrogen (secondary N) is 2. The van der Waals surface area contributed by atoms with Crippen molar-refractivity contribution in [3.8, 4) is 0 Å². The molecule has 0 aliphatic carbocycles. The van der Waals surface area contributed by atoms with Crippen LogP contribution in [0.3, 0.4) is 0 Å². The number of guanidine groups is 1. The van der Waals surface area contributed by atoms with Crippen molar-refractivity contribution in [2.45, 2.75) is 25.8 Å². The van der Waals surface area contributed by atoms with Gasteiger partial charge in [-0.3, -0.25) is 14.2 Å². The maximum atomic E-state index is 13.2. The van der Waals surface area contributed by atoms with Crippen LogP contribution in [0.4, 0.5) is 5.82 Å². The van der Waals surface area contributed by atoms with Crippen LogP contribution in [0, 0.1) is 6.92 Å². The number of nitrogens with two attached hydrogens (primary N) is 2. The molecule has 0 aliphatic heterocycles. The lowest BCUT2D eigenvalue weighted by molar-refractivity contribution is -0.122. The summed E-state index contributed by atoms with van der Waals surface area (Å²) in [6.45, 7) is 4.41. The first kappa shape index (κ1) is 25.3. The Labute approximate surface area is 204 Å². The van der Waals surface area contributed by atoms with Crippen LogP contribution in [-0.4, -0.2) is 41.1 Å². The Hall–Kier alpha value is -4.34. The van der Waals surface area contributed by atoms with Gasteiger partial charge in [0.25, 0.3) is 5.56 Å². The highest BCUT2D eigenvalue weighted by Gasteiger charge is 2.29. The summed E-state index contributed by atoms with van der Waals surface area (Å²) in [5, 5.41) is 9.27. The van der Waals surface area contributed by atoms with Gasteiger partial charge in [0, 0.05) is 23.9 Å². The number of aryl methyl sites for hydroxylation is 1. The van der Waals surface area contributed by atoms with Crippen molar-refractivity contribution in [3.63, 3.8) is 0 Å². The zero-order valence-electron chi connectivity index (χ0n) is 19.9. The number of amides is 1. The van der Waals surface area contributed by atoms with Crippen molar-refractivity contribution in [2.24, 2.45) is 16.6 Å². The van der Waals surface area contributed by atoms with Gasteiger partial charge in [0.15, 0.2) is 5.82 Å². The van der Waals surface area contributed by atoms with E-state index < -0.39 is 5.41 Å². The smallest absolute Gasteiger partial charge is 0.293 e. The number of carbonyl (C=O) groups excluding carboxylic acids is 1. The minimum absolute atomic E-state index is 0.0955. The minimum atomic E-state index is -0.418. The van der Waals surface area contributed by atoms with E-state index >= 15 is 0 Å². The molecule has 0 radical (unpaired) electrons. The topological polar surface area (TPSA) is 150 Å². The van der Waals surface area contributed by atoms with Crippen LogP contribution in [0.1, 0.15) is 23.7 Å². The molecule has 0 bridgehead atoms. The Morgan fingerprint density at radius 1 is 1.09 bits per heavy atom. The van der Waals surface area contributed by atoms with Crippen molar-refractivity contribution in [2.75, 3.05) is 25.0 Å². The molecule has 0 fully saturated rings. The van der Waals surface area contributed by atoms with E-state index in [1.54, 1.807) is 13.1 Å². The number of aromatic nitrogens is 2. The first-order valence-corrected chi connectivity index (χ1v) is 11.2. The molecule has 10 heteroatoms. The monoisotopic (exact) mass is 477 g/mol. The standard InChI is InChI=1S/C25H31N7O3/c1-18-15-29-22(23(34)32(18)16-21(33)28-13-14-35-31-24(26)27)30-17-25(2,19-9-5-3-6-10-19)20-11-7-4-8-12-20/h3-12,15H,13-14,16-17H2,1-2H3,(H,28,33)(H,29,30)(H4,26,27,31). The number of benzene rings is 2. The summed E-state index contributed by atoms with van der Waals surface area (Å²) in [5.74, 6) is -0.373. The predicted molar refractivity (Wildman–Crippen MR) is 136 cm³/mol. The van der Waals surface area contributed by atoms with Gasteiger partial charge >= 0.3 is 0 Å². The summed E-state index contributed by atoms with van der Waals surface area (Å²) in [4.78, 5) is 34.7. The fourth-order valence-corrected chi connectivity index (χ4v) is 3.69. The molecule has 1 amide bonds. The van der Waals surface area contributed by atoms with E-state index in [-0.39, 0.29) is 42.9 Å². The summed E-state index contributed by atoms with van der Waals surface area (Å²) in [6.07, 6.45) is 1.57. The quantitative estimate of drug-likeness (QED) is 0.141. The lowest BCUT2D eigenvalue weighted by atomic mass is 9.76. The second kappa shape index (κ2) is 11.7. The van der Waals surface area contributed by atoms with Gasteiger partial charge in [-0.25, -0.2) is 4.98 Å². The van der Waals surface area contributed by atoms with Crippen molar-refractivity contribution in [1.29, 1.82) is 0 Å². The summed E-state index contributed by atoms with van der Waals surface area (Å²) in [5.41, 5.74) is 12.3. The Kier molecular flexibility index (Phi) is 8.44. The van der Waals surface area contributed by atoms with Crippen molar-refractivity contribution >= 4 is 17.7 Å². The third-order valence-electron chi connectivity index (χ3n) is 5.67. The molecule has 2 aromatic carbocycles. The molecule has 0 saturated heterocycles. The Morgan fingerprint density at radius 2 is 1.69 bits per heavy atom. The van der Waals surface area contributed by atoms with E-state index in [1.165, 1.54) is 4.57 Å². The molecule has 0 saturated carbocycles. The third-order valence-corrected chi connectivity index (χ3v) is 5.67. The lowest BCUT2D eigenvalue weighted by Crippen LogP contribution is -2.38. The number of anilines is 1. The molecule has 3 rings (SSSR count). The van der Waals surface area contributed by atoms with E-state index in [9.17, 15) is 9.59 Å². The Bertz CT molecular complexity index is 1170. The molecule has 0 unspecified atom stereocenters. The Morgan fingerprint density at radius 3 is 2.26 bits per heavy atom. The van der Waals surface area contributed by atoms with Gasteiger partial charge in [-0.15, -0.1) is 0 Å². The first-order valence-electron chi connectivity index (χ1n) is 11.2. The lowest BCUT2D eigenvalue weighted by Gasteiger charge is -2.31. The summed E-state index contributed by atoms with van der Waals surface area (Å²) < 4.78 is 1.38. The molecule has 10 nitrogen and oxygen atoms in total. The molecule has 0 aliphatic rings. The van der Waals surface area contributed by atoms with Gasteiger partial charge < -0.3 is 26.9 Å². The average Bonchev–Trinajstić information content (AvgIpc) is 2.86. The van der Waals surface area contributed by atoms with Crippen LogP contribution in [0.5, 0.6) is 0 Å². The SMILES string of the molecule is Cc1cnc(NCC(C)(c2ccccc2)c2ccccc2)c(=O)n1CC(=O)NCCON=C(N)N. The van der Waals surface area contributed by atoms with Crippen molar-refractivity contribution in [1.82, 2.24) is 14.9 Å². The third kappa shape index (κ3) is 6.59. The highest BCUT2D eigenvalue weighted by atomic mass is 16.6. The van der Waals surface area contributed by atoms with Crippen LogP contribution in [0.2, 0.25) is 0 Å². The van der Waals surface area contributed by atoms with E-state index in [2.05, 4.69) is 52.0 Å². The Balaban J connectivity index is 1.75. The molecule has 6 N–H and O–H groups in total. The molecule has 184 valence electrons. The molecular weight excluding hydrogens is 446 g/mol. The molecule has 1 aromatic heterocycles. The van der Waals surface area contributed by atoms with Crippen LogP contribution in [-0.2, 0) is 21.6 Å². The van der Waals surface area contributed by atoms with Gasteiger partial charge in [-0.1, -0.05) is 60.7 Å². The number of carbonyl (C=O) groups is 1. The van der Waals surface area contributed by atoms with Crippen LogP contribution in [0.25, 0.3) is 0 Å². The molecule has 3 aromatic rings. The number of nitrogens with zero attached hydrogens (tertiary/aromatic N) is 3. The van der Waals surface area contributed by atoms with E-state index in [0.29, 0.717) is 12.2 Å². The average molecular weight is 478 g/mol. The number of hydrogen-bond donors (Lipinski definition) is 4. The van der Waals surface area contributed by atoms with Gasteiger partial charge in [-0.05, 0) is 30.1 Å². The van der Waals surface area contributed by atoms with Gasteiger partial charge in [0.1, 0.15) is 13.2 Å². The largest absolute Gasteiger partial charge is 0.391 e. The minimum Gasteiger partial charge on any atom is -0.391 e. The van der Waals surface area contributed by atoms with Crippen molar-refractivity contribution < 1.29 is 9.63 Å². The summed E-state index contributed by atoms with van der Waals surface area (Å²) >= 11 is 0. The first-order chi connectivity index (χ1) is 16.8. The second-order valence-electron chi connectivity index (χ2n) is 8.26. The normalized spacial score (nSPS) is 10.9. The van der Waals surface area contributed by atoms with Gasteiger partial charge in [0.2, 0.25) is 11.9 Å². The predicted octanol–water partition coefficient (Wildman–Crippen LogP) is 1.29. The maximum absolute atomic E-state index is 13.2. The van der Waals surface area contributed by atoms with Crippen LogP contribution >= 0.6 is 0 Å². The van der Waals surface area contributed by atoms with Crippen molar-refractivity contribution in [3.05, 3.63) is 94.0 Å². The summed E-state index contributed by atoms with van der Waals surface area (Å²) in [6, 6.07) is 20.2. The molecule has 1 heterocycles. The number of oxime groups is 1. The van der Waals surface area contributed by atoms with Gasteiger partial charge in [0.05, 0.1) is 6.54 Å². The second-order valence-corrected chi connectivity index (χ2v) is 8.26. The fraction of sp³-hybridized carbons (Fsp3) is 0.280. The number of rotatable bonds is 11. The van der Waals surface area contributed by atoms with E-state index in [4.69, 9.17) is 16.3 Å². The highest BCUT2D eigenvalue weighted by Crippen LogP contribution is 2.31. The van der Waals surface area contributed by atoms with Gasteiger partial charge in [-0.2, -0.15) is 0 Å². The molecular formula is C25H31N7O3. The zero-order chi connectivity index (χ0) is 25.3. The molecule has 0 spiro atoms.